The van der Waals surface area contributed by atoms with E-state index in [0.29, 0.717) is 34.8 Å². The minimum absolute atomic E-state index is 0. The topological polar surface area (TPSA) is 249 Å². The number of nitrogens with one attached hydrogen (secondary N) is 1. The van der Waals surface area contributed by atoms with Crippen LogP contribution in [0.4, 0.5) is 13.2 Å². The minimum atomic E-state index is -4.54. The van der Waals surface area contributed by atoms with Gasteiger partial charge in [0.05, 0.1) is 11.4 Å². The Balaban J connectivity index is 0.000000169. The van der Waals surface area contributed by atoms with Gasteiger partial charge in [0.15, 0.2) is 11.6 Å². The first-order valence-corrected chi connectivity index (χ1v) is 21.9. The average Bonchev–Trinajstić information content (AvgIpc) is 4.12. The van der Waals surface area contributed by atoms with E-state index >= 15 is 0 Å². The van der Waals surface area contributed by atoms with Crippen molar-refractivity contribution in [3.8, 4) is 57.5 Å². The summed E-state index contributed by atoms with van der Waals surface area (Å²) < 4.78 is 37.0. The van der Waals surface area contributed by atoms with Crippen LogP contribution in [0, 0.1) is 26.0 Å². The molecule has 0 amide bonds. The van der Waals surface area contributed by atoms with Gasteiger partial charge < -0.3 is 20.1 Å². The van der Waals surface area contributed by atoms with Crippen LogP contribution in [0.3, 0.4) is 0 Å². The van der Waals surface area contributed by atoms with Crippen molar-refractivity contribution in [3.05, 3.63) is 176 Å². The molecule has 0 fully saturated rings. The fourth-order valence-electron chi connectivity index (χ4n) is 5.42. The van der Waals surface area contributed by atoms with Crippen molar-refractivity contribution in [3.63, 3.8) is 0 Å². The summed E-state index contributed by atoms with van der Waals surface area (Å²) in [6, 6.07) is 27.1. The van der Waals surface area contributed by atoms with E-state index in [9.17, 15) is 13.2 Å². The van der Waals surface area contributed by atoms with Crippen LogP contribution in [-0.2, 0) is 37.1 Å². The maximum Gasteiger partial charge on any atom is 3.00 e. The zero-order valence-electron chi connectivity index (χ0n) is 40.7. The molecule has 73 heavy (non-hydrogen) atoms. The Labute approximate surface area is 432 Å². The normalized spacial score (nSPS) is 10.8. The Morgan fingerprint density at radius 3 is 1.37 bits per heavy atom. The van der Waals surface area contributed by atoms with Gasteiger partial charge in [-0.05, 0) is 56.3 Å². The van der Waals surface area contributed by atoms with Gasteiger partial charge >= 0.3 is 26.3 Å². The van der Waals surface area contributed by atoms with Gasteiger partial charge in [-0.15, -0.1) is 17.2 Å². The molecule has 0 aliphatic heterocycles. The molecule has 0 unspecified atom stereocenters. The molecule has 372 valence electrons. The van der Waals surface area contributed by atoms with Crippen molar-refractivity contribution in [1.29, 1.82) is 0 Å². The van der Waals surface area contributed by atoms with E-state index in [1.807, 2.05) is 71.0 Å². The van der Waals surface area contributed by atoms with E-state index in [-0.39, 0.29) is 36.6 Å². The third-order valence-corrected chi connectivity index (χ3v) is 8.95. The number of nitrogens with zero attached hydrogens (tertiary/aromatic N) is 18. The summed E-state index contributed by atoms with van der Waals surface area (Å²) in [6.07, 6.45) is 11.4. The molecule has 0 aliphatic rings. The smallest absolute Gasteiger partial charge is 0.419 e. The van der Waals surface area contributed by atoms with Gasteiger partial charge in [-0.2, -0.15) is 13.2 Å². The molecule has 0 saturated heterocycles. The largest absolute Gasteiger partial charge is 3.00 e. The van der Waals surface area contributed by atoms with Gasteiger partial charge in [0.2, 0.25) is 11.6 Å². The molecule has 0 aliphatic carbocycles. The summed E-state index contributed by atoms with van der Waals surface area (Å²) in [4.78, 5) is 60.2. The summed E-state index contributed by atoms with van der Waals surface area (Å²) >= 11 is 0. The number of H-pyrrole nitrogens is 1. The first-order chi connectivity index (χ1) is 34.4. The number of alkyl halides is 3. The molecule has 10 aromatic rings. The Morgan fingerprint density at radius 2 is 0.945 bits per heavy atom. The van der Waals surface area contributed by atoms with E-state index in [4.69, 9.17) is 0 Å². The van der Waals surface area contributed by atoms with Crippen LogP contribution >= 0.6 is 0 Å². The molecule has 10 aromatic heterocycles. The number of hydrogen-bond acceptors (Lipinski definition) is 17. The van der Waals surface area contributed by atoms with Crippen LogP contribution in [0.25, 0.3) is 57.5 Å². The number of aromatic nitrogens is 19. The fraction of sp³-hybridized carbons (Fsp3) is 0.220. The van der Waals surface area contributed by atoms with Crippen LogP contribution in [0.2, 0.25) is 0 Å². The predicted molar refractivity (Wildman–Crippen MR) is 259 cm³/mol. The molecule has 0 spiro atoms. The van der Waals surface area contributed by atoms with Crippen molar-refractivity contribution < 1.29 is 33.3 Å². The molecule has 1 N–H and O–H groups in total. The van der Waals surface area contributed by atoms with Crippen LogP contribution in [-0.4, -0.2) is 90.1 Å². The Hall–Kier alpha value is -8.43. The number of rotatable bonds is 5. The average molecular weight is 1160 g/mol. The molecule has 10 rings (SSSR count). The van der Waals surface area contributed by atoms with Crippen molar-refractivity contribution in [2.24, 2.45) is 0 Å². The van der Waals surface area contributed by atoms with Crippen molar-refractivity contribution in [2.75, 3.05) is 0 Å². The predicted octanol–water partition coefficient (Wildman–Crippen LogP) is 8.60. The molecule has 0 bridgehead atoms. The summed E-state index contributed by atoms with van der Waals surface area (Å²) in [5.41, 5.74) is 3.54. The van der Waals surface area contributed by atoms with Gasteiger partial charge in [0.1, 0.15) is 17.5 Å². The van der Waals surface area contributed by atoms with Gasteiger partial charge in [-0.25, -0.2) is 47.0 Å². The number of pyridine rings is 3. The molecular weight excluding hydrogens is 1120 g/mol. The van der Waals surface area contributed by atoms with Crippen LogP contribution < -0.4 is 5.10 Å². The maximum atomic E-state index is 12.3. The number of aryl methyl sites for hydroxylation is 2. The first kappa shape index (κ1) is 55.5. The minimum Gasteiger partial charge on any atom is -0.419 e. The van der Waals surface area contributed by atoms with Crippen molar-refractivity contribution in [1.82, 2.24) is 95.2 Å². The van der Waals surface area contributed by atoms with Gasteiger partial charge in [0, 0.05) is 72.1 Å². The van der Waals surface area contributed by atoms with E-state index in [0.717, 1.165) is 46.4 Å². The standard InChI is InChI=1S/C10H6F3N3.C10H13N5.C10H12N5.2C10H8N3.Ir/c11-10(12,13)9-15-6-4-8(16-9)7-3-1-2-5-14-7;2*1-10(2,3)9-13-8(14-15-9)7-11-5-4-6-12-7;2*1-8-11-7-5-10(13-8)9-4-2-3-6-12-9;/h1-6H;4-6H,1-3H3,(H,13,14,15);4-6H,1-3H3;2*2-4,6-7H,1H3;/q;;3*-1;+3. The van der Waals surface area contributed by atoms with Crippen molar-refractivity contribution in [2.45, 2.75) is 72.4 Å². The van der Waals surface area contributed by atoms with E-state index in [1.165, 1.54) is 12.3 Å². The van der Waals surface area contributed by atoms with E-state index in [1.54, 1.807) is 79.9 Å². The SMILES string of the molecule is CC(C)(C)c1n[n-]c(-c2ncccn2)n1.CC(C)(C)c1nc(-c2ncccn2)n[nH]1.Cc1nc[c-]c(-c2ccccn2)n1.Cc1nc[c-]c(-c2ccccn2)n1.FC(F)(F)c1nccc(-c2ccccn2)n1.[Ir+3]. The Kier molecular flexibility index (Phi) is 19.9. The monoisotopic (exact) mass is 1160 g/mol. The molecule has 0 radical (unpaired) electrons. The van der Waals surface area contributed by atoms with Crippen molar-refractivity contribution >= 4 is 0 Å². The second-order valence-electron chi connectivity index (χ2n) is 16.8. The number of halogens is 3. The Bertz CT molecular complexity index is 3000. The molecular formula is C50H47F3IrN19. The molecule has 19 nitrogen and oxygen atoms in total. The molecule has 23 heteroatoms. The summed E-state index contributed by atoms with van der Waals surface area (Å²) in [5, 5.41) is 15.0. The summed E-state index contributed by atoms with van der Waals surface area (Å²) in [5.74, 6) is 3.95. The third-order valence-electron chi connectivity index (χ3n) is 8.95. The fourth-order valence-corrected chi connectivity index (χ4v) is 5.42. The van der Waals surface area contributed by atoms with Crippen LogP contribution in [0.1, 0.15) is 70.7 Å². The van der Waals surface area contributed by atoms with Gasteiger partial charge in [-0.1, -0.05) is 94.9 Å². The zero-order chi connectivity index (χ0) is 51.6. The molecule has 0 saturated carbocycles. The van der Waals surface area contributed by atoms with Crippen LogP contribution in [0.15, 0.2) is 135 Å². The molecule has 10 heterocycles. The quantitative estimate of drug-likeness (QED) is 0.158. The van der Waals surface area contributed by atoms with Gasteiger partial charge in [-0.3, -0.25) is 35.1 Å². The second kappa shape index (κ2) is 26.1. The molecule has 0 atom stereocenters. The van der Waals surface area contributed by atoms with E-state index < -0.39 is 12.0 Å². The third kappa shape index (κ3) is 17.4. The first-order valence-electron chi connectivity index (χ1n) is 21.9. The van der Waals surface area contributed by atoms with E-state index in [2.05, 4.69) is 128 Å². The molecule has 0 aromatic carbocycles. The number of aromatic amines is 1. The number of hydrogen-bond donors (Lipinski definition) is 1. The zero-order valence-corrected chi connectivity index (χ0v) is 43.1. The van der Waals surface area contributed by atoms with Crippen LogP contribution in [0.5, 0.6) is 0 Å². The maximum absolute atomic E-state index is 12.3. The Morgan fingerprint density at radius 1 is 0.452 bits per heavy atom. The van der Waals surface area contributed by atoms with Gasteiger partial charge in [0.25, 0.3) is 0 Å². The summed E-state index contributed by atoms with van der Waals surface area (Å²) in [6.45, 7) is 16.0. The second-order valence-corrected chi connectivity index (χ2v) is 16.8. The summed E-state index contributed by atoms with van der Waals surface area (Å²) in [7, 11) is 0.